The number of carbonyl (C=O) groups is 1. The summed E-state index contributed by atoms with van der Waals surface area (Å²) in [5.41, 5.74) is -0.317. The SMILES string of the molecule is CC(O)CCN(C)C(=O)Cn1ncn(C)c1=O. The predicted molar refractivity (Wildman–Crippen MR) is 61.4 cm³/mol. The van der Waals surface area contributed by atoms with Crippen molar-refractivity contribution in [2.45, 2.75) is 26.0 Å². The minimum atomic E-state index is -0.442. The van der Waals surface area contributed by atoms with Crippen molar-refractivity contribution in [1.82, 2.24) is 19.2 Å². The first kappa shape index (κ1) is 13.4. The Morgan fingerprint density at radius 1 is 1.65 bits per heavy atom. The summed E-state index contributed by atoms with van der Waals surface area (Å²) in [4.78, 5) is 24.6. The Morgan fingerprint density at radius 3 is 2.76 bits per heavy atom. The molecule has 7 heteroatoms. The zero-order valence-electron chi connectivity index (χ0n) is 10.3. The predicted octanol–water partition coefficient (Wildman–Crippen LogP) is -1.19. The van der Waals surface area contributed by atoms with E-state index in [1.807, 2.05) is 0 Å². The number of likely N-dealkylation sites (N-methyl/N-ethyl adjacent to an activating group) is 1. The molecule has 0 saturated heterocycles. The van der Waals surface area contributed by atoms with Gasteiger partial charge >= 0.3 is 5.69 Å². The molecule has 0 spiro atoms. The van der Waals surface area contributed by atoms with Crippen LogP contribution in [-0.4, -0.2) is 50.0 Å². The first-order valence-electron chi connectivity index (χ1n) is 5.42. The summed E-state index contributed by atoms with van der Waals surface area (Å²) in [6, 6.07) is 0. The quantitative estimate of drug-likeness (QED) is 0.704. The van der Waals surface area contributed by atoms with Gasteiger partial charge in [0.1, 0.15) is 12.9 Å². The van der Waals surface area contributed by atoms with Crippen LogP contribution in [0.25, 0.3) is 0 Å². The maximum Gasteiger partial charge on any atom is 0.345 e. The van der Waals surface area contributed by atoms with Gasteiger partial charge in [0.2, 0.25) is 5.91 Å². The van der Waals surface area contributed by atoms with Gasteiger partial charge in [-0.1, -0.05) is 0 Å². The van der Waals surface area contributed by atoms with Gasteiger partial charge in [-0.05, 0) is 13.3 Å². The van der Waals surface area contributed by atoms with Crippen molar-refractivity contribution in [3.05, 3.63) is 16.8 Å². The number of carbonyl (C=O) groups excluding carboxylic acids is 1. The number of rotatable bonds is 5. The first-order chi connectivity index (χ1) is 7.91. The minimum Gasteiger partial charge on any atom is -0.393 e. The summed E-state index contributed by atoms with van der Waals surface area (Å²) in [6.07, 6.45) is 1.44. The molecule has 7 nitrogen and oxygen atoms in total. The minimum absolute atomic E-state index is 0.0734. The van der Waals surface area contributed by atoms with Crippen molar-refractivity contribution in [2.75, 3.05) is 13.6 Å². The van der Waals surface area contributed by atoms with Crippen molar-refractivity contribution in [3.63, 3.8) is 0 Å². The van der Waals surface area contributed by atoms with E-state index < -0.39 is 6.10 Å². The molecule has 0 saturated carbocycles. The van der Waals surface area contributed by atoms with E-state index in [9.17, 15) is 9.59 Å². The lowest BCUT2D eigenvalue weighted by Gasteiger charge is -2.17. The molecule has 0 aliphatic heterocycles. The molecule has 17 heavy (non-hydrogen) atoms. The Morgan fingerprint density at radius 2 is 2.29 bits per heavy atom. The number of aliphatic hydroxyl groups is 1. The number of hydrogen-bond acceptors (Lipinski definition) is 4. The lowest BCUT2D eigenvalue weighted by molar-refractivity contribution is -0.131. The van der Waals surface area contributed by atoms with E-state index >= 15 is 0 Å². The average molecular weight is 242 g/mol. The number of aromatic nitrogens is 3. The van der Waals surface area contributed by atoms with Gasteiger partial charge < -0.3 is 10.0 Å². The molecule has 0 bridgehead atoms. The fourth-order valence-corrected chi connectivity index (χ4v) is 1.28. The van der Waals surface area contributed by atoms with Crippen LogP contribution in [0.15, 0.2) is 11.1 Å². The van der Waals surface area contributed by atoms with E-state index in [1.54, 1.807) is 21.0 Å². The maximum atomic E-state index is 11.7. The normalized spacial score (nSPS) is 12.5. The molecule has 1 N–H and O–H groups in total. The molecular weight excluding hydrogens is 224 g/mol. The summed E-state index contributed by atoms with van der Waals surface area (Å²) >= 11 is 0. The van der Waals surface area contributed by atoms with Crippen LogP contribution in [-0.2, 0) is 18.4 Å². The molecule has 1 aromatic rings. The molecule has 0 radical (unpaired) electrons. The number of aryl methyl sites for hydroxylation is 1. The highest BCUT2D eigenvalue weighted by Gasteiger charge is 2.12. The van der Waals surface area contributed by atoms with Crippen LogP contribution in [0.5, 0.6) is 0 Å². The number of hydrogen-bond donors (Lipinski definition) is 1. The largest absolute Gasteiger partial charge is 0.393 e. The van der Waals surface area contributed by atoms with E-state index in [0.29, 0.717) is 13.0 Å². The highest BCUT2D eigenvalue weighted by molar-refractivity contribution is 5.75. The second-order valence-corrected chi connectivity index (χ2v) is 4.14. The van der Waals surface area contributed by atoms with Crippen molar-refractivity contribution in [2.24, 2.45) is 7.05 Å². The average Bonchev–Trinajstić information content (AvgIpc) is 2.57. The van der Waals surface area contributed by atoms with Crippen LogP contribution in [0.1, 0.15) is 13.3 Å². The molecule has 1 heterocycles. The third-order valence-corrected chi connectivity index (χ3v) is 2.48. The Labute approximate surface area is 99.3 Å². The maximum absolute atomic E-state index is 11.7. The fourth-order valence-electron chi connectivity index (χ4n) is 1.28. The fraction of sp³-hybridized carbons (Fsp3) is 0.700. The van der Waals surface area contributed by atoms with Crippen LogP contribution in [0.4, 0.5) is 0 Å². The van der Waals surface area contributed by atoms with E-state index in [1.165, 1.54) is 15.8 Å². The van der Waals surface area contributed by atoms with E-state index in [0.717, 1.165) is 4.68 Å². The molecule has 1 rings (SSSR count). The lowest BCUT2D eigenvalue weighted by Crippen LogP contribution is -2.35. The summed E-state index contributed by atoms with van der Waals surface area (Å²) in [5, 5.41) is 12.9. The highest BCUT2D eigenvalue weighted by atomic mass is 16.3. The zero-order valence-corrected chi connectivity index (χ0v) is 10.3. The molecule has 0 aliphatic carbocycles. The lowest BCUT2D eigenvalue weighted by atomic mass is 10.3. The van der Waals surface area contributed by atoms with Gasteiger partial charge in [-0.25, -0.2) is 9.48 Å². The van der Waals surface area contributed by atoms with Gasteiger partial charge in [-0.2, -0.15) is 5.10 Å². The van der Waals surface area contributed by atoms with Crippen molar-refractivity contribution >= 4 is 5.91 Å². The molecule has 1 aromatic heterocycles. The van der Waals surface area contributed by atoms with E-state index in [2.05, 4.69) is 5.10 Å². The second kappa shape index (κ2) is 5.62. The van der Waals surface area contributed by atoms with Crippen LogP contribution in [0.2, 0.25) is 0 Å². The van der Waals surface area contributed by atoms with Crippen LogP contribution >= 0.6 is 0 Å². The second-order valence-electron chi connectivity index (χ2n) is 4.14. The van der Waals surface area contributed by atoms with Gasteiger partial charge in [0.25, 0.3) is 0 Å². The Bertz CT molecular complexity index is 435. The standard InChI is InChI=1S/C10H18N4O3/c1-8(15)4-5-12(2)9(16)6-14-10(17)13(3)7-11-14/h7-8,15H,4-6H2,1-3H3. The smallest absolute Gasteiger partial charge is 0.345 e. The molecule has 1 unspecified atom stereocenters. The number of nitrogens with zero attached hydrogens (tertiary/aromatic N) is 4. The molecule has 0 fully saturated rings. The third kappa shape index (κ3) is 3.70. The Balaban J connectivity index is 2.54. The van der Waals surface area contributed by atoms with Gasteiger partial charge in [0.05, 0.1) is 6.10 Å². The van der Waals surface area contributed by atoms with Gasteiger partial charge in [0, 0.05) is 20.6 Å². The van der Waals surface area contributed by atoms with Crippen molar-refractivity contribution < 1.29 is 9.90 Å². The molecule has 0 aromatic carbocycles. The molecule has 0 aliphatic rings. The summed E-state index contributed by atoms with van der Waals surface area (Å²) in [6.45, 7) is 2.05. The summed E-state index contributed by atoms with van der Waals surface area (Å²) in [7, 11) is 3.21. The van der Waals surface area contributed by atoms with E-state index in [-0.39, 0.29) is 18.1 Å². The van der Waals surface area contributed by atoms with Crippen LogP contribution < -0.4 is 5.69 Å². The molecular formula is C10H18N4O3. The summed E-state index contributed by atoms with van der Waals surface area (Å²) in [5.74, 6) is -0.202. The monoisotopic (exact) mass is 242 g/mol. The van der Waals surface area contributed by atoms with Crippen LogP contribution in [0, 0.1) is 0 Å². The van der Waals surface area contributed by atoms with Gasteiger partial charge in [-0.15, -0.1) is 0 Å². The van der Waals surface area contributed by atoms with Crippen molar-refractivity contribution in [1.29, 1.82) is 0 Å². The van der Waals surface area contributed by atoms with Crippen molar-refractivity contribution in [3.8, 4) is 0 Å². The van der Waals surface area contributed by atoms with Crippen LogP contribution in [0.3, 0.4) is 0 Å². The third-order valence-electron chi connectivity index (χ3n) is 2.48. The zero-order chi connectivity index (χ0) is 13.0. The topological polar surface area (TPSA) is 80.4 Å². The summed E-state index contributed by atoms with van der Waals surface area (Å²) < 4.78 is 2.42. The first-order valence-corrected chi connectivity index (χ1v) is 5.42. The highest BCUT2D eigenvalue weighted by Crippen LogP contribution is 1.95. The molecule has 1 atom stereocenters. The van der Waals surface area contributed by atoms with Gasteiger partial charge in [-0.3, -0.25) is 9.36 Å². The molecule has 1 amide bonds. The van der Waals surface area contributed by atoms with E-state index in [4.69, 9.17) is 5.11 Å². The molecule has 96 valence electrons. The number of aliphatic hydroxyl groups excluding tert-OH is 1. The Hall–Kier alpha value is -1.63. The Kier molecular flexibility index (Phi) is 4.45. The number of amides is 1. The van der Waals surface area contributed by atoms with Gasteiger partial charge in [0.15, 0.2) is 0 Å².